The summed E-state index contributed by atoms with van der Waals surface area (Å²) in [6.07, 6.45) is 1.89. The molecule has 0 saturated carbocycles. The van der Waals surface area contributed by atoms with Crippen LogP contribution in [0.4, 0.5) is 8.78 Å². The minimum atomic E-state index is -0.910. The Morgan fingerprint density at radius 3 is 2.90 bits per heavy atom. The van der Waals surface area contributed by atoms with Gasteiger partial charge in [-0.15, -0.1) is 0 Å². The van der Waals surface area contributed by atoms with Crippen LogP contribution in [0.5, 0.6) is 0 Å². The second kappa shape index (κ2) is 7.88. The lowest BCUT2D eigenvalue weighted by Crippen LogP contribution is -2.48. The van der Waals surface area contributed by atoms with Crippen LogP contribution in [0.25, 0.3) is 11.0 Å². The number of aromatic nitrogens is 2. The van der Waals surface area contributed by atoms with Crippen molar-refractivity contribution in [1.29, 1.82) is 0 Å². The third-order valence-corrected chi connectivity index (χ3v) is 5.18. The predicted molar refractivity (Wildman–Crippen MR) is 103 cm³/mol. The molecule has 1 amide bonds. The maximum absolute atomic E-state index is 13.6. The van der Waals surface area contributed by atoms with E-state index in [0.29, 0.717) is 30.7 Å². The number of carbonyl (C=O) groups excluding carboxylic acids is 1. The summed E-state index contributed by atoms with van der Waals surface area (Å²) in [5.74, 6) is -2.21. The third-order valence-electron chi connectivity index (χ3n) is 5.18. The van der Waals surface area contributed by atoms with E-state index in [1.807, 2.05) is 19.3 Å². The van der Waals surface area contributed by atoms with Crippen LogP contribution in [0.15, 0.2) is 36.5 Å². The Bertz CT molecular complexity index is 1070. The van der Waals surface area contributed by atoms with Crippen LogP contribution in [-0.4, -0.2) is 45.9 Å². The second-order valence-electron chi connectivity index (χ2n) is 7.27. The number of amides is 1. The van der Waals surface area contributed by atoms with Crippen LogP contribution in [-0.2, 0) is 18.2 Å². The number of aryl methyl sites for hydroxylation is 1. The molecule has 29 heavy (non-hydrogen) atoms. The summed E-state index contributed by atoms with van der Waals surface area (Å²) in [7, 11) is 1.82. The zero-order valence-electron chi connectivity index (χ0n) is 15.9. The summed E-state index contributed by atoms with van der Waals surface area (Å²) in [6.45, 7) is 0.643. The van der Waals surface area contributed by atoms with Crippen LogP contribution in [0.1, 0.15) is 28.0 Å². The molecule has 0 unspecified atom stereocenters. The van der Waals surface area contributed by atoms with E-state index in [9.17, 15) is 18.7 Å². The molecule has 1 saturated heterocycles. The molecule has 1 aliphatic rings. The van der Waals surface area contributed by atoms with Crippen molar-refractivity contribution in [3.8, 4) is 0 Å². The SMILES string of the molecule is Cn1ccc2c(Cc3ccc(F)c(F)c3)cc(C(=O)N[C@H]3CCOC[C@H]3O)nc21. The van der Waals surface area contributed by atoms with Crippen molar-refractivity contribution in [2.24, 2.45) is 7.05 Å². The minimum absolute atomic E-state index is 0.177. The number of nitrogens with one attached hydrogen (secondary N) is 1. The van der Waals surface area contributed by atoms with Gasteiger partial charge in [-0.05, 0) is 48.2 Å². The number of nitrogens with zero attached hydrogens (tertiary/aromatic N) is 2. The number of aliphatic hydroxyl groups excluding tert-OH is 1. The Morgan fingerprint density at radius 1 is 1.31 bits per heavy atom. The van der Waals surface area contributed by atoms with Crippen molar-refractivity contribution in [2.75, 3.05) is 13.2 Å². The number of hydrogen-bond acceptors (Lipinski definition) is 4. The van der Waals surface area contributed by atoms with Gasteiger partial charge >= 0.3 is 0 Å². The van der Waals surface area contributed by atoms with E-state index < -0.39 is 29.7 Å². The molecule has 6 nitrogen and oxygen atoms in total. The molecule has 2 N–H and O–H groups in total. The van der Waals surface area contributed by atoms with Gasteiger partial charge in [0.05, 0.1) is 18.8 Å². The Labute approximate surface area is 166 Å². The summed E-state index contributed by atoms with van der Waals surface area (Å²) >= 11 is 0. The third kappa shape index (κ3) is 3.99. The van der Waals surface area contributed by atoms with Crippen LogP contribution in [0, 0.1) is 11.6 Å². The molecule has 152 valence electrons. The molecule has 1 fully saturated rings. The maximum Gasteiger partial charge on any atom is 0.270 e. The normalized spacial score (nSPS) is 19.4. The Balaban J connectivity index is 1.67. The molecule has 1 aromatic carbocycles. The predicted octanol–water partition coefficient (Wildman–Crippen LogP) is 2.32. The van der Waals surface area contributed by atoms with E-state index in [4.69, 9.17) is 4.74 Å². The number of ether oxygens (including phenoxy) is 1. The first-order chi connectivity index (χ1) is 13.9. The van der Waals surface area contributed by atoms with Crippen molar-refractivity contribution in [1.82, 2.24) is 14.9 Å². The van der Waals surface area contributed by atoms with Gasteiger partial charge in [0, 0.05) is 25.2 Å². The van der Waals surface area contributed by atoms with E-state index >= 15 is 0 Å². The topological polar surface area (TPSA) is 76.4 Å². The van der Waals surface area contributed by atoms with Crippen molar-refractivity contribution in [2.45, 2.75) is 25.0 Å². The fourth-order valence-electron chi connectivity index (χ4n) is 3.57. The van der Waals surface area contributed by atoms with Crippen molar-refractivity contribution in [3.05, 3.63) is 65.0 Å². The van der Waals surface area contributed by atoms with Crippen molar-refractivity contribution >= 4 is 16.9 Å². The van der Waals surface area contributed by atoms with Gasteiger partial charge in [-0.1, -0.05) is 6.07 Å². The van der Waals surface area contributed by atoms with Gasteiger partial charge < -0.3 is 19.7 Å². The molecule has 0 radical (unpaired) electrons. The molecule has 0 bridgehead atoms. The quantitative estimate of drug-likeness (QED) is 0.704. The molecule has 2 aromatic heterocycles. The van der Waals surface area contributed by atoms with Gasteiger partial charge in [-0.25, -0.2) is 13.8 Å². The molecule has 0 spiro atoms. The summed E-state index contributed by atoms with van der Waals surface area (Å²) in [4.78, 5) is 17.3. The number of pyridine rings is 1. The van der Waals surface area contributed by atoms with E-state index in [-0.39, 0.29) is 12.3 Å². The fourth-order valence-corrected chi connectivity index (χ4v) is 3.57. The number of halogens is 2. The van der Waals surface area contributed by atoms with Crippen molar-refractivity contribution in [3.63, 3.8) is 0 Å². The molecule has 0 aliphatic carbocycles. The van der Waals surface area contributed by atoms with Crippen LogP contribution < -0.4 is 5.32 Å². The lowest BCUT2D eigenvalue weighted by atomic mass is 10.0. The molecular formula is C21H21F2N3O3. The van der Waals surface area contributed by atoms with Crippen LogP contribution in [0.2, 0.25) is 0 Å². The van der Waals surface area contributed by atoms with Crippen LogP contribution >= 0.6 is 0 Å². The first kappa shape index (κ1) is 19.5. The zero-order chi connectivity index (χ0) is 20.5. The van der Waals surface area contributed by atoms with E-state index in [0.717, 1.165) is 23.1 Å². The number of hydrogen-bond donors (Lipinski definition) is 2. The second-order valence-corrected chi connectivity index (χ2v) is 7.27. The highest BCUT2D eigenvalue weighted by Gasteiger charge is 2.26. The minimum Gasteiger partial charge on any atom is -0.389 e. The van der Waals surface area contributed by atoms with Gasteiger partial charge in [0.2, 0.25) is 0 Å². The zero-order valence-corrected chi connectivity index (χ0v) is 15.9. The number of aliphatic hydroxyl groups is 1. The maximum atomic E-state index is 13.6. The van der Waals surface area contributed by atoms with Gasteiger partial charge in [-0.3, -0.25) is 4.79 Å². The average molecular weight is 401 g/mol. The molecule has 3 aromatic rings. The number of rotatable bonds is 4. The number of benzene rings is 1. The highest BCUT2D eigenvalue weighted by atomic mass is 19.2. The highest BCUT2D eigenvalue weighted by Crippen LogP contribution is 2.23. The summed E-state index contributed by atoms with van der Waals surface area (Å²) in [5, 5.41) is 13.7. The highest BCUT2D eigenvalue weighted by molar-refractivity contribution is 5.95. The van der Waals surface area contributed by atoms with Gasteiger partial charge in [-0.2, -0.15) is 0 Å². The fraction of sp³-hybridized carbons (Fsp3) is 0.333. The first-order valence-corrected chi connectivity index (χ1v) is 9.38. The Hall–Kier alpha value is -2.84. The molecular weight excluding hydrogens is 380 g/mol. The first-order valence-electron chi connectivity index (χ1n) is 9.38. The van der Waals surface area contributed by atoms with Crippen LogP contribution in [0.3, 0.4) is 0 Å². The largest absolute Gasteiger partial charge is 0.389 e. The summed E-state index contributed by atoms with van der Waals surface area (Å²) in [6, 6.07) is 6.89. The lowest BCUT2D eigenvalue weighted by Gasteiger charge is -2.28. The smallest absolute Gasteiger partial charge is 0.270 e. The molecule has 4 rings (SSSR count). The van der Waals surface area contributed by atoms with Gasteiger partial charge in [0.15, 0.2) is 11.6 Å². The molecule has 3 heterocycles. The lowest BCUT2D eigenvalue weighted by molar-refractivity contribution is -0.0261. The standard InChI is InChI=1S/C21H21F2N3O3/c1-26-6-4-14-13(8-12-2-3-15(22)16(23)9-12)10-18(24-20(14)26)21(28)25-17-5-7-29-11-19(17)27/h2-4,6,9-10,17,19,27H,5,7-8,11H2,1H3,(H,25,28)/t17-,19+/m0/s1. The number of fused-ring (bicyclic) bond motifs is 1. The number of carbonyl (C=O) groups is 1. The summed E-state index contributed by atoms with van der Waals surface area (Å²) < 4.78 is 33.8. The molecule has 8 heteroatoms. The molecule has 1 aliphatic heterocycles. The average Bonchev–Trinajstić information content (AvgIpc) is 3.08. The molecule has 2 atom stereocenters. The van der Waals surface area contributed by atoms with Gasteiger partial charge in [0.1, 0.15) is 11.3 Å². The summed E-state index contributed by atoms with van der Waals surface area (Å²) in [5.41, 5.74) is 2.18. The van der Waals surface area contributed by atoms with E-state index in [1.54, 1.807) is 10.6 Å². The van der Waals surface area contributed by atoms with Crippen molar-refractivity contribution < 1.29 is 23.4 Å². The van der Waals surface area contributed by atoms with E-state index in [1.165, 1.54) is 6.07 Å². The Kier molecular flexibility index (Phi) is 5.29. The monoisotopic (exact) mass is 401 g/mol. The van der Waals surface area contributed by atoms with Gasteiger partial charge in [0.25, 0.3) is 5.91 Å². The Morgan fingerprint density at radius 2 is 2.14 bits per heavy atom. The van der Waals surface area contributed by atoms with E-state index in [2.05, 4.69) is 10.3 Å².